The van der Waals surface area contributed by atoms with E-state index < -0.39 is 16.8 Å². The number of aromatic nitrogens is 1. The molecule has 124 valence electrons. The molecule has 0 aliphatic heterocycles. The van der Waals surface area contributed by atoms with Crippen molar-refractivity contribution in [3.8, 4) is 0 Å². The van der Waals surface area contributed by atoms with Gasteiger partial charge in [-0.25, -0.2) is 4.98 Å². The highest BCUT2D eigenvalue weighted by Gasteiger charge is 2.08. The molecular formula is C15H14N4O5. The van der Waals surface area contributed by atoms with Gasteiger partial charge in [-0.05, 0) is 24.3 Å². The summed E-state index contributed by atoms with van der Waals surface area (Å²) in [6, 6.07) is 9.29. The van der Waals surface area contributed by atoms with Crippen LogP contribution in [0.15, 0.2) is 42.6 Å². The van der Waals surface area contributed by atoms with Crippen LogP contribution in [0.4, 0.5) is 17.2 Å². The van der Waals surface area contributed by atoms with E-state index in [-0.39, 0.29) is 18.7 Å². The van der Waals surface area contributed by atoms with Crippen molar-refractivity contribution in [2.45, 2.75) is 6.42 Å². The quantitative estimate of drug-likeness (QED) is 0.521. The summed E-state index contributed by atoms with van der Waals surface area (Å²) in [5.41, 5.74) is 0.807. The minimum absolute atomic E-state index is 0.0374. The Morgan fingerprint density at radius 3 is 2.67 bits per heavy atom. The van der Waals surface area contributed by atoms with E-state index in [0.29, 0.717) is 17.1 Å². The number of nitrogens with zero attached hydrogens (tertiary/aromatic N) is 2. The number of anilines is 2. The molecule has 0 radical (unpaired) electrons. The van der Waals surface area contributed by atoms with Gasteiger partial charge >= 0.3 is 5.97 Å². The molecule has 0 bridgehead atoms. The maximum atomic E-state index is 11.9. The number of hydrogen-bond donors (Lipinski definition) is 3. The van der Waals surface area contributed by atoms with Gasteiger partial charge in [0.1, 0.15) is 12.0 Å². The van der Waals surface area contributed by atoms with Crippen molar-refractivity contribution in [1.82, 2.24) is 10.3 Å². The number of amides is 1. The summed E-state index contributed by atoms with van der Waals surface area (Å²) in [7, 11) is 0. The topological polar surface area (TPSA) is 134 Å². The lowest BCUT2D eigenvalue weighted by Crippen LogP contribution is -2.25. The highest BCUT2D eigenvalue weighted by atomic mass is 16.6. The van der Waals surface area contributed by atoms with Gasteiger partial charge in [-0.1, -0.05) is 6.07 Å². The smallest absolute Gasteiger partial charge is 0.305 e. The van der Waals surface area contributed by atoms with Crippen molar-refractivity contribution in [3.63, 3.8) is 0 Å². The third-order valence-corrected chi connectivity index (χ3v) is 2.98. The van der Waals surface area contributed by atoms with Crippen LogP contribution in [0.25, 0.3) is 0 Å². The van der Waals surface area contributed by atoms with Gasteiger partial charge in [0.2, 0.25) is 0 Å². The van der Waals surface area contributed by atoms with Gasteiger partial charge in [0.25, 0.3) is 11.6 Å². The Kier molecular flexibility index (Phi) is 5.40. The Morgan fingerprint density at radius 1 is 1.25 bits per heavy atom. The number of nitro groups is 1. The van der Waals surface area contributed by atoms with Crippen LogP contribution in [0, 0.1) is 10.1 Å². The zero-order valence-corrected chi connectivity index (χ0v) is 12.4. The third-order valence-electron chi connectivity index (χ3n) is 2.98. The van der Waals surface area contributed by atoms with Crippen molar-refractivity contribution < 1.29 is 19.6 Å². The van der Waals surface area contributed by atoms with Gasteiger partial charge in [0.15, 0.2) is 0 Å². The fourth-order valence-electron chi connectivity index (χ4n) is 1.84. The molecule has 0 aliphatic carbocycles. The zero-order chi connectivity index (χ0) is 17.5. The molecule has 1 aromatic carbocycles. The molecule has 9 heteroatoms. The molecular weight excluding hydrogens is 316 g/mol. The number of rotatable bonds is 7. The van der Waals surface area contributed by atoms with Gasteiger partial charge in [-0.15, -0.1) is 0 Å². The number of hydrogen-bond acceptors (Lipinski definition) is 6. The molecule has 1 heterocycles. The SMILES string of the molecule is O=C(O)CCNC(=O)c1cccc(Nc2ccc([N+](=O)[O-])cn2)c1. The number of carbonyl (C=O) groups excluding carboxylic acids is 1. The summed E-state index contributed by atoms with van der Waals surface area (Å²) in [6.07, 6.45) is 0.973. The highest BCUT2D eigenvalue weighted by molar-refractivity contribution is 5.95. The average molecular weight is 330 g/mol. The Morgan fingerprint density at radius 2 is 2.04 bits per heavy atom. The molecule has 3 N–H and O–H groups in total. The molecule has 0 saturated carbocycles. The maximum absolute atomic E-state index is 11.9. The first-order valence-corrected chi connectivity index (χ1v) is 6.93. The van der Waals surface area contributed by atoms with Gasteiger partial charge in [-0.3, -0.25) is 19.7 Å². The lowest BCUT2D eigenvalue weighted by atomic mass is 10.2. The number of carboxylic acid groups (broad SMARTS) is 1. The molecule has 1 aromatic heterocycles. The van der Waals surface area contributed by atoms with Gasteiger partial charge in [0, 0.05) is 23.9 Å². The molecule has 1 amide bonds. The normalized spacial score (nSPS) is 10.0. The minimum atomic E-state index is -0.991. The molecule has 0 fully saturated rings. The lowest BCUT2D eigenvalue weighted by molar-refractivity contribution is -0.385. The second-order valence-corrected chi connectivity index (χ2v) is 4.76. The van der Waals surface area contributed by atoms with E-state index in [1.54, 1.807) is 24.3 Å². The van der Waals surface area contributed by atoms with Crippen molar-refractivity contribution >= 4 is 29.1 Å². The second-order valence-electron chi connectivity index (χ2n) is 4.76. The Bertz CT molecular complexity index is 761. The van der Waals surface area contributed by atoms with E-state index in [1.807, 2.05) is 0 Å². The largest absolute Gasteiger partial charge is 0.481 e. The molecule has 0 saturated heterocycles. The standard InChI is InChI=1S/C15H14N4O5/c20-14(21)6-7-16-15(22)10-2-1-3-11(8-10)18-13-5-4-12(9-17-13)19(23)24/h1-5,8-9H,6-7H2,(H,16,22)(H,17,18)(H,20,21). The fourth-order valence-corrected chi connectivity index (χ4v) is 1.84. The van der Waals surface area contributed by atoms with Crippen LogP contribution in [0.3, 0.4) is 0 Å². The first kappa shape index (κ1) is 16.9. The average Bonchev–Trinajstić information content (AvgIpc) is 2.55. The fraction of sp³-hybridized carbons (Fsp3) is 0.133. The summed E-state index contributed by atoms with van der Waals surface area (Å²) in [4.78, 5) is 36.3. The number of aliphatic carboxylic acids is 1. The molecule has 24 heavy (non-hydrogen) atoms. The van der Waals surface area contributed by atoms with Gasteiger partial charge in [-0.2, -0.15) is 0 Å². The van der Waals surface area contributed by atoms with Crippen LogP contribution in [-0.2, 0) is 4.79 Å². The highest BCUT2D eigenvalue weighted by Crippen LogP contribution is 2.18. The summed E-state index contributed by atoms with van der Waals surface area (Å²) in [5, 5.41) is 24.6. The molecule has 0 unspecified atom stereocenters. The third kappa shape index (κ3) is 4.77. The van der Waals surface area contributed by atoms with E-state index in [1.165, 1.54) is 12.1 Å². The predicted octanol–water partition coefficient (Wildman–Crippen LogP) is 1.94. The first-order chi connectivity index (χ1) is 11.5. The molecule has 0 aliphatic rings. The monoisotopic (exact) mass is 330 g/mol. The Hall–Kier alpha value is -3.49. The van der Waals surface area contributed by atoms with Crippen LogP contribution >= 0.6 is 0 Å². The lowest BCUT2D eigenvalue weighted by Gasteiger charge is -2.08. The maximum Gasteiger partial charge on any atom is 0.305 e. The first-order valence-electron chi connectivity index (χ1n) is 6.93. The van der Waals surface area contributed by atoms with Gasteiger partial charge < -0.3 is 15.7 Å². The summed E-state index contributed by atoms with van der Waals surface area (Å²) in [5.74, 6) is -0.990. The number of pyridine rings is 1. The van der Waals surface area contributed by atoms with E-state index in [4.69, 9.17) is 5.11 Å². The van der Waals surface area contributed by atoms with Crippen LogP contribution < -0.4 is 10.6 Å². The predicted molar refractivity (Wildman–Crippen MR) is 85.2 cm³/mol. The van der Waals surface area contributed by atoms with Gasteiger partial charge in [0.05, 0.1) is 11.3 Å². The van der Waals surface area contributed by atoms with Crippen molar-refractivity contribution in [2.24, 2.45) is 0 Å². The minimum Gasteiger partial charge on any atom is -0.481 e. The molecule has 0 spiro atoms. The Labute approximate surface area is 136 Å². The molecule has 2 rings (SSSR count). The number of carbonyl (C=O) groups is 2. The van der Waals surface area contributed by atoms with Crippen LogP contribution in [0.1, 0.15) is 16.8 Å². The van der Waals surface area contributed by atoms with Crippen LogP contribution in [0.2, 0.25) is 0 Å². The van der Waals surface area contributed by atoms with Crippen molar-refractivity contribution in [1.29, 1.82) is 0 Å². The van der Waals surface area contributed by atoms with Crippen LogP contribution in [0.5, 0.6) is 0 Å². The van der Waals surface area contributed by atoms with E-state index in [0.717, 1.165) is 6.20 Å². The Balaban J connectivity index is 2.03. The summed E-state index contributed by atoms with van der Waals surface area (Å²) < 4.78 is 0. The van der Waals surface area contributed by atoms with Crippen molar-refractivity contribution in [3.05, 3.63) is 58.3 Å². The van der Waals surface area contributed by atoms with E-state index >= 15 is 0 Å². The molecule has 2 aromatic rings. The number of carboxylic acids is 1. The molecule has 0 atom stereocenters. The number of nitrogens with one attached hydrogen (secondary N) is 2. The number of benzene rings is 1. The zero-order valence-electron chi connectivity index (χ0n) is 12.4. The molecule has 9 nitrogen and oxygen atoms in total. The second kappa shape index (κ2) is 7.68. The van der Waals surface area contributed by atoms with E-state index in [2.05, 4.69) is 15.6 Å². The summed E-state index contributed by atoms with van der Waals surface area (Å²) in [6.45, 7) is 0.0374. The van der Waals surface area contributed by atoms with E-state index in [9.17, 15) is 19.7 Å². The van der Waals surface area contributed by atoms with Crippen LogP contribution in [-0.4, -0.2) is 33.4 Å². The van der Waals surface area contributed by atoms with Crippen molar-refractivity contribution in [2.75, 3.05) is 11.9 Å². The summed E-state index contributed by atoms with van der Waals surface area (Å²) >= 11 is 0.